The summed E-state index contributed by atoms with van der Waals surface area (Å²) in [6.45, 7) is 6.54. The zero-order chi connectivity index (χ0) is 17.2. The van der Waals surface area contributed by atoms with Crippen molar-refractivity contribution in [3.8, 4) is 0 Å². The van der Waals surface area contributed by atoms with Crippen molar-refractivity contribution in [2.45, 2.75) is 46.5 Å². The van der Waals surface area contributed by atoms with Crippen molar-refractivity contribution in [3.05, 3.63) is 82.9 Å². The Morgan fingerprint density at radius 2 is 1.33 bits per heavy atom. The first-order chi connectivity index (χ1) is 11.7. The van der Waals surface area contributed by atoms with E-state index in [0.29, 0.717) is 5.92 Å². The maximum absolute atomic E-state index is 2.38. The first kappa shape index (κ1) is 18.3. The van der Waals surface area contributed by atoms with E-state index in [4.69, 9.17) is 0 Å². The summed E-state index contributed by atoms with van der Waals surface area (Å²) >= 11 is 0. The van der Waals surface area contributed by atoms with Crippen LogP contribution < -0.4 is 0 Å². The molecule has 0 saturated carbocycles. The molecule has 0 radical (unpaired) electrons. The molecule has 0 spiro atoms. The van der Waals surface area contributed by atoms with Gasteiger partial charge in [0.1, 0.15) is 0 Å². The van der Waals surface area contributed by atoms with Gasteiger partial charge in [-0.25, -0.2) is 0 Å². The van der Waals surface area contributed by atoms with Crippen LogP contribution in [0.15, 0.2) is 60.7 Å². The van der Waals surface area contributed by atoms with E-state index in [1.807, 2.05) is 0 Å². The second-order valence-corrected chi connectivity index (χ2v) is 6.68. The summed E-state index contributed by atoms with van der Waals surface area (Å²) in [5, 5.41) is 0. The maximum atomic E-state index is 2.38. The Kier molecular flexibility index (Phi) is 7.55. The van der Waals surface area contributed by atoms with Gasteiger partial charge in [-0.2, -0.15) is 0 Å². The molecule has 0 N–H and O–H groups in total. The highest BCUT2D eigenvalue weighted by atomic mass is 14.1. The van der Waals surface area contributed by atoms with Crippen LogP contribution in [0.4, 0.5) is 0 Å². The Balaban J connectivity index is 1.74. The standard InChI is InChI=1S/C24H30/c1-4-22(18-19-24-16-12-21(3)13-17-24)8-6-5-7-9-23-14-10-20(2)11-15-23/h7,9-19,22H,4-6,8H2,1-3H3/b9-7+,19-18+. The number of hydrogen-bond acceptors (Lipinski definition) is 0. The quantitative estimate of drug-likeness (QED) is 0.450. The lowest BCUT2D eigenvalue weighted by molar-refractivity contribution is 0.551. The van der Waals surface area contributed by atoms with Crippen LogP contribution in [-0.2, 0) is 0 Å². The van der Waals surface area contributed by atoms with Crippen LogP contribution in [0, 0.1) is 19.8 Å². The second-order valence-electron chi connectivity index (χ2n) is 6.68. The third-order valence-corrected chi connectivity index (χ3v) is 4.50. The van der Waals surface area contributed by atoms with E-state index in [1.165, 1.54) is 41.5 Å². The summed E-state index contributed by atoms with van der Waals surface area (Å²) < 4.78 is 0. The molecule has 0 aliphatic carbocycles. The number of rotatable bonds is 8. The van der Waals surface area contributed by atoms with Crippen molar-refractivity contribution in [2.75, 3.05) is 0 Å². The van der Waals surface area contributed by atoms with Gasteiger partial charge < -0.3 is 0 Å². The smallest absolute Gasteiger partial charge is 0.0233 e. The highest BCUT2D eigenvalue weighted by Gasteiger charge is 2.01. The fourth-order valence-corrected chi connectivity index (χ4v) is 2.76. The molecule has 0 nitrogen and oxygen atoms in total. The fraction of sp³-hybridized carbons (Fsp3) is 0.333. The van der Waals surface area contributed by atoms with Crippen molar-refractivity contribution in [3.63, 3.8) is 0 Å². The lowest BCUT2D eigenvalue weighted by atomic mass is 9.97. The Morgan fingerprint density at radius 1 is 0.792 bits per heavy atom. The highest BCUT2D eigenvalue weighted by molar-refractivity contribution is 5.50. The van der Waals surface area contributed by atoms with Gasteiger partial charge in [0.15, 0.2) is 0 Å². The van der Waals surface area contributed by atoms with Gasteiger partial charge in [0.25, 0.3) is 0 Å². The van der Waals surface area contributed by atoms with Gasteiger partial charge in [0.05, 0.1) is 0 Å². The van der Waals surface area contributed by atoms with Crippen LogP contribution in [-0.4, -0.2) is 0 Å². The molecule has 2 rings (SSSR count). The van der Waals surface area contributed by atoms with Crippen LogP contribution in [0.2, 0.25) is 0 Å². The lowest BCUT2D eigenvalue weighted by Gasteiger charge is -2.08. The first-order valence-electron chi connectivity index (χ1n) is 9.15. The van der Waals surface area contributed by atoms with E-state index in [-0.39, 0.29) is 0 Å². The van der Waals surface area contributed by atoms with Gasteiger partial charge in [-0.05, 0) is 56.6 Å². The molecular formula is C24H30. The largest absolute Gasteiger partial charge is 0.0839 e. The molecule has 0 heterocycles. The average Bonchev–Trinajstić information content (AvgIpc) is 2.60. The summed E-state index contributed by atoms with van der Waals surface area (Å²) in [6.07, 6.45) is 14.1. The minimum absolute atomic E-state index is 0.680. The van der Waals surface area contributed by atoms with E-state index in [0.717, 1.165) is 6.42 Å². The van der Waals surface area contributed by atoms with Crippen LogP contribution in [0.5, 0.6) is 0 Å². The third-order valence-electron chi connectivity index (χ3n) is 4.50. The van der Waals surface area contributed by atoms with Crippen LogP contribution in [0.25, 0.3) is 12.2 Å². The second kappa shape index (κ2) is 9.93. The minimum Gasteiger partial charge on any atom is -0.0839 e. The predicted molar refractivity (Wildman–Crippen MR) is 108 cm³/mol. The zero-order valence-electron chi connectivity index (χ0n) is 15.3. The summed E-state index contributed by atoms with van der Waals surface area (Å²) in [6, 6.07) is 17.5. The number of allylic oxidation sites excluding steroid dienone is 2. The highest BCUT2D eigenvalue weighted by Crippen LogP contribution is 2.17. The summed E-state index contributed by atoms with van der Waals surface area (Å²) in [4.78, 5) is 0. The van der Waals surface area contributed by atoms with Gasteiger partial charge in [-0.3, -0.25) is 0 Å². The molecule has 0 saturated heterocycles. The van der Waals surface area contributed by atoms with Gasteiger partial charge >= 0.3 is 0 Å². The number of aryl methyl sites for hydroxylation is 2. The molecule has 1 unspecified atom stereocenters. The van der Waals surface area contributed by atoms with Crippen LogP contribution in [0.1, 0.15) is 54.9 Å². The van der Waals surface area contributed by atoms with E-state index < -0.39 is 0 Å². The van der Waals surface area contributed by atoms with E-state index in [1.54, 1.807) is 0 Å². The average molecular weight is 319 g/mol. The third kappa shape index (κ3) is 6.58. The molecule has 2 aromatic rings. The number of hydrogen-bond donors (Lipinski definition) is 0. The van der Waals surface area contributed by atoms with Crippen molar-refractivity contribution < 1.29 is 0 Å². The molecule has 0 heteroatoms. The molecule has 24 heavy (non-hydrogen) atoms. The van der Waals surface area contributed by atoms with E-state index in [2.05, 4.69) is 93.6 Å². The molecule has 2 aromatic carbocycles. The molecule has 0 bridgehead atoms. The Labute approximate surface area is 147 Å². The normalized spacial score (nSPS) is 13.0. The molecular weight excluding hydrogens is 288 g/mol. The van der Waals surface area contributed by atoms with Gasteiger partial charge in [-0.15, -0.1) is 0 Å². The van der Waals surface area contributed by atoms with Gasteiger partial charge in [-0.1, -0.05) is 90.9 Å². The fourth-order valence-electron chi connectivity index (χ4n) is 2.76. The van der Waals surface area contributed by atoms with Crippen LogP contribution >= 0.6 is 0 Å². The Bertz CT molecular complexity index is 641. The summed E-state index contributed by atoms with van der Waals surface area (Å²) in [5.74, 6) is 0.680. The monoisotopic (exact) mass is 318 g/mol. The Hall–Kier alpha value is -2.08. The number of unbranched alkanes of at least 4 members (excludes halogenated alkanes) is 1. The van der Waals surface area contributed by atoms with Crippen molar-refractivity contribution >= 4 is 12.2 Å². The molecule has 126 valence electrons. The molecule has 0 amide bonds. The van der Waals surface area contributed by atoms with Gasteiger partial charge in [0.2, 0.25) is 0 Å². The van der Waals surface area contributed by atoms with Crippen molar-refractivity contribution in [2.24, 2.45) is 5.92 Å². The molecule has 0 aliphatic rings. The first-order valence-corrected chi connectivity index (χ1v) is 9.15. The molecule has 0 aliphatic heterocycles. The zero-order valence-corrected chi connectivity index (χ0v) is 15.3. The predicted octanol–water partition coefficient (Wildman–Crippen LogP) is 7.23. The molecule has 1 atom stereocenters. The van der Waals surface area contributed by atoms with Crippen molar-refractivity contribution in [1.82, 2.24) is 0 Å². The van der Waals surface area contributed by atoms with E-state index >= 15 is 0 Å². The van der Waals surface area contributed by atoms with Crippen LogP contribution in [0.3, 0.4) is 0 Å². The topological polar surface area (TPSA) is 0 Å². The SMILES string of the molecule is CCC(/C=C/c1ccc(C)cc1)CCC/C=C/c1ccc(C)cc1. The number of benzene rings is 2. The molecule has 0 fully saturated rings. The Morgan fingerprint density at radius 3 is 1.88 bits per heavy atom. The minimum atomic E-state index is 0.680. The maximum Gasteiger partial charge on any atom is -0.0233 e. The van der Waals surface area contributed by atoms with E-state index in [9.17, 15) is 0 Å². The van der Waals surface area contributed by atoms with Crippen molar-refractivity contribution in [1.29, 1.82) is 0 Å². The summed E-state index contributed by atoms with van der Waals surface area (Å²) in [7, 11) is 0. The summed E-state index contributed by atoms with van der Waals surface area (Å²) in [5.41, 5.74) is 5.24. The van der Waals surface area contributed by atoms with Gasteiger partial charge in [0, 0.05) is 0 Å². The lowest BCUT2D eigenvalue weighted by Crippen LogP contribution is -1.93. The molecule has 0 aromatic heterocycles.